The van der Waals surface area contributed by atoms with E-state index in [2.05, 4.69) is 44.6 Å². The van der Waals surface area contributed by atoms with Gasteiger partial charge in [-0.05, 0) is 0 Å². The summed E-state index contributed by atoms with van der Waals surface area (Å²) in [6.07, 6.45) is 3.91. The summed E-state index contributed by atoms with van der Waals surface area (Å²) < 4.78 is 7.23. The fourth-order valence-corrected chi connectivity index (χ4v) is 4.41. The van der Waals surface area contributed by atoms with Crippen molar-refractivity contribution < 1.29 is 4.74 Å². The molecule has 1 aliphatic rings. The van der Waals surface area contributed by atoms with Crippen molar-refractivity contribution in [3.8, 4) is 0 Å². The van der Waals surface area contributed by atoms with Gasteiger partial charge in [-0.15, -0.1) is 0 Å². The Morgan fingerprint density at radius 2 is 2.53 bits per heavy atom. The number of rotatable bonds is 6. The summed E-state index contributed by atoms with van der Waals surface area (Å²) in [4.78, 5) is 4.33. The van der Waals surface area contributed by atoms with Crippen molar-refractivity contribution in [1.29, 1.82) is 0 Å². The first-order valence-electron chi connectivity index (χ1n) is 5.83. The van der Waals surface area contributed by atoms with Crippen LogP contribution in [0.3, 0.4) is 0 Å². The lowest BCUT2D eigenvalue weighted by Crippen LogP contribution is -2.21. The Morgan fingerprint density at radius 1 is 1.59 bits per heavy atom. The van der Waals surface area contributed by atoms with Crippen LogP contribution in [0.5, 0.6) is 0 Å². The zero-order chi connectivity index (χ0) is 11.9. The molecule has 17 heavy (non-hydrogen) atoms. The molecule has 1 aromatic heterocycles. The topological polar surface area (TPSA) is 39.1 Å². The van der Waals surface area contributed by atoms with Gasteiger partial charge in [0.25, 0.3) is 0 Å². The molecule has 1 unspecified atom stereocenters. The predicted molar refractivity (Wildman–Crippen MR) is 76.2 cm³/mol. The highest BCUT2D eigenvalue weighted by molar-refractivity contribution is 8.06. The Balaban J connectivity index is 1.84. The number of nitrogens with zero attached hydrogens (tertiary/aromatic N) is 2. The highest BCUT2D eigenvalue weighted by Gasteiger charge is 2.16. The third-order valence-corrected chi connectivity index (χ3v) is 5.42. The van der Waals surface area contributed by atoms with Gasteiger partial charge in [-0.3, -0.25) is 0 Å². The normalized spacial score (nSPS) is 20.4. The molecule has 1 aliphatic heterocycles. The number of methoxy groups -OCH3 is 1. The van der Waals surface area contributed by atoms with Gasteiger partial charge in [0.1, 0.15) is 0 Å². The fraction of sp³-hybridized carbons (Fsp3) is 0.727. The summed E-state index contributed by atoms with van der Waals surface area (Å²) in [6.45, 7) is 2.56. The molecule has 1 N–H and O–H groups in total. The molecule has 1 atom stereocenters. The maximum atomic E-state index is 5.02. The lowest BCUT2D eigenvalue weighted by Gasteiger charge is -2.22. The monoisotopic (exact) mass is 273 g/mol. The van der Waals surface area contributed by atoms with Crippen LogP contribution >= 0.6 is 23.5 Å². The first-order chi connectivity index (χ1) is 8.40. The largest absolute Gasteiger partial charge is 0.383 e. The molecular formula is C11H19N3OS2. The second-order valence-electron chi connectivity index (χ2n) is 3.89. The van der Waals surface area contributed by atoms with Crippen molar-refractivity contribution >= 4 is 29.5 Å². The lowest BCUT2D eigenvalue weighted by atomic mass is 10.4. The molecule has 0 spiro atoms. The molecular weight excluding hydrogens is 254 g/mol. The van der Waals surface area contributed by atoms with Gasteiger partial charge in [0.15, 0.2) is 0 Å². The van der Waals surface area contributed by atoms with Crippen LogP contribution in [0.4, 0.5) is 5.95 Å². The van der Waals surface area contributed by atoms with Gasteiger partial charge in [0.2, 0.25) is 5.95 Å². The van der Waals surface area contributed by atoms with E-state index in [-0.39, 0.29) is 0 Å². The van der Waals surface area contributed by atoms with Gasteiger partial charge >= 0.3 is 0 Å². The van der Waals surface area contributed by atoms with Gasteiger partial charge in [0.05, 0.1) is 6.61 Å². The summed E-state index contributed by atoms with van der Waals surface area (Å²) in [7, 11) is 1.71. The zero-order valence-corrected chi connectivity index (χ0v) is 11.7. The lowest BCUT2D eigenvalue weighted by molar-refractivity contribution is 0.210. The third-order valence-electron chi connectivity index (χ3n) is 2.59. The van der Waals surface area contributed by atoms with Crippen LogP contribution in [-0.2, 0) is 11.3 Å². The van der Waals surface area contributed by atoms with E-state index in [0.717, 1.165) is 19.0 Å². The molecule has 1 saturated heterocycles. The average molecular weight is 273 g/mol. The number of hydrogen-bond acceptors (Lipinski definition) is 5. The van der Waals surface area contributed by atoms with E-state index >= 15 is 0 Å². The molecule has 0 radical (unpaired) electrons. The first-order valence-corrected chi connectivity index (χ1v) is 8.04. The minimum Gasteiger partial charge on any atom is -0.383 e. The number of hydrogen-bond donors (Lipinski definition) is 1. The van der Waals surface area contributed by atoms with E-state index < -0.39 is 0 Å². The van der Waals surface area contributed by atoms with Crippen molar-refractivity contribution in [2.75, 3.05) is 42.8 Å². The fourth-order valence-electron chi connectivity index (χ4n) is 1.75. The van der Waals surface area contributed by atoms with Crippen LogP contribution < -0.4 is 5.32 Å². The summed E-state index contributed by atoms with van der Waals surface area (Å²) in [5, 5.41) is 4.01. The van der Waals surface area contributed by atoms with Crippen molar-refractivity contribution in [1.82, 2.24) is 9.55 Å². The van der Waals surface area contributed by atoms with Gasteiger partial charge in [-0.2, -0.15) is 23.5 Å². The Labute approximate surface area is 111 Å². The van der Waals surface area contributed by atoms with E-state index in [9.17, 15) is 0 Å². The molecule has 0 aliphatic carbocycles. The summed E-state index contributed by atoms with van der Waals surface area (Å²) >= 11 is 4.13. The number of imidazole rings is 1. The molecule has 2 rings (SSSR count). The zero-order valence-electron chi connectivity index (χ0n) is 10.1. The van der Waals surface area contributed by atoms with Crippen molar-refractivity contribution in [3.05, 3.63) is 12.4 Å². The van der Waals surface area contributed by atoms with Gasteiger partial charge in [-0.25, -0.2) is 4.98 Å². The second kappa shape index (κ2) is 7.18. The molecule has 0 amide bonds. The Morgan fingerprint density at radius 3 is 3.29 bits per heavy atom. The molecule has 4 nitrogen and oxygen atoms in total. The molecule has 6 heteroatoms. The summed E-state index contributed by atoms with van der Waals surface area (Å²) in [6, 6.07) is 0. The number of nitrogens with one attached hydrogen (secondary N) is 1. The maximum Gasteiger partial charge on any atom is 0.202 e. The highest BCUT2D eigenvalue weighted by atomic mass is 32.2. The van der Waals surface area contributed by atoms with Crippen LogP contribution in [0, 0.1) is 0 Å². The Hall–Kier alpha value is -0.330. The van der Waals surface area contributed by atoms with E-state index in [1.807, 2.05) is 6.20 Å². The van der Waals surface area contributed by atoms with Crippen LogP contribution in [0.1, 0.15) is 0 Å². The molecule has 1 aromatic rings. The van der Waals surface area contributed by atoms with Crippen LogP contribution in [-0.4, -0.2) is 52.3 Å². The van der Waals surface area contributed by atoms with Gasteiger partial charge in [0, 0.05) is 55.1 Å². The predicted octanol–water partition coefficient (Wildman–Crippen LogP) is 1.79. The third kappa shape index (κ3) is 4.12. The molecule has 0 saturated carbocycles. The van der Waals surface area contributed by atoms with E-state index in [4.69, 9.17) is 4.74 Å². The van der Waals surface area contributed by atoms with Crippen molar-refractivity contribution in [3.63, 3.8) is 0 Å². The van der Waals surface area contributed by atoms with Crippen LogP contribution in [0.2, 0.25) is 0 Å². The molecule has 2 heterocycles. The van der Waals surface area contributed by atoms with Crippen LogP contribution in [0.15, 0.2) is 12.4 Å². The van der Waals surface area contributed by atoms with E-state index in [1.54, 1.807) is 7.11 Å². The highest BCUT2D eigenvalue weighted by Crippen LogP contribution is 2.25. The Bertz CT molecular complexity index is 326. The first kappa shape index (κ1) is 13.1. The molecule has 1 fully saturated rings. The minimum atomic E-state index is 0.709. The Kier molecular flexibility index (Phi) is 5.54. The van der Waals surface area contributed by atoms with Gasteiger partial charge < -0.3 is 14.6 Å². The molecule has 0 aromatic carbocycles. The summed E-state index contributed by atoms with van der Waals surface area (Å²) in [5.74, 6) is 4.78. The minimum absolute atomic E-state index is 0.709. The van der Waals surface area contributed by atoms with Crippen molar-refractivity contribution in [2.24, 2.45) is 0 Å². The number of ether oxygens (including phenoxy) is 1. The number of aromatic nitrogens is 2. The molecule has 96 valence electrons. The van der Waals surface area contributed by atoms with Crippen LogP contribution in [0.25, 0.3) is 0 Å². The van der Waals surface area contributed by atoms with Crippen molar-refractivity contribution in [2.45, 2.75) is 11.8 Å². The van der Waals surface area contributed by atoms with E-state index in [0.29, 0.717) is 11.9 Å². The number of anilines is 1. The quantitative estimate of drug-likeness (QED) is 0.800. The van der Waals surface area contributed by atoms with Gasteiger partial charge in [-0.1, -0.05) is 0 Å². The SMILES string of the molecule is COCCNc1nccn1CC1CSCCS1. The summed E-state index contributed by atoms with van der Waals surface area (Å²) in [5.41, 5.74) is 0. The average Bonchev–Trinajstić information content (AvgIpc) is 2.79. The number of thioether (sulfide) groups is 2. The molecule has 0 bridgehead atoms. The maximum absolute atomic E-state index is 5.02. The second-order valence-corrected chi connectivity index (χ2v) is 6.45. The van der Waals surface area contributed by atoms with E-state index in [1.165, 1.54) is 17.3 Å². The standard InChI is InChI=1S/C11H19N3OS2/c1-15-5-3-13-11-12-2-4-14(11)8-10-9-16-6-7-17-10/h2,4,10H,3,5-9H2,1H3,(H,12,13). The smallest absolute Gasteiger partial charge is 0.202 e.